The van der Waals surface area contributed by atoms with Crippen molar-refractivity contribution in [3.05, 3.63) is 65.5 Å². The number of ether oxygens (including phenoxy) is 2. The van der Waals surface area contributed by atoms with E-state index in [1.54, 1.807) is 32.9 Å². The van der Waals surface area contributed by atoms with Crippen molar-refractivity contribution in [2.45, 2.75) is 39.5 Å². The van der Waals surface area contributed by atoms with Crippen LogP contribution < -0.4 is 16.0 Å². The van der Waals surface area contributed by atoms with Gasteiger partial charge in [-0.25, -0.2) is 14.0 Å². The summed E-state index contributed by atoms with van der Waals surface area (Å²) in [4.78, 5) is 23.3. The number of carbonyl (C=O) groups is 2. The van der Waals surface area contributed by atoms with Crippen molar-refractivity contribution < 1.29 is 23.5 Å². The van der Waals surface area contributed by atoms with E-state index in [9.17, 15) is 14.0 Å². The summed E-state index contributed by atoms with van der Waals surface area (Å²) in [5.41, 5.74) is 1.22. The van der Waals surface area contributed by atoms with Crippen LogP contribution in [0.4, 0.5) is 19.7 Å². The lowest BCUT2D eigenvalue weighted by Gasteiger charge is -2.19. The van der Waals surface area contributed by atoms with Crippen molar-refractivity contribution >= 4 is 17.9 Å². The third kappa shape index (κ3) is 8.81. The number of halogens is 1. The van der Waals surface area contributed by atoms with E-state index >= 15 is 0 Å². The molecule has 3 N–H and O–H groups in total. The van der Waals surface area contributed by atoms with Crippen LogP contribution in [0, 0.1) is 5.82 Å². The largest absolute Gasteiger partial charge is 0.445 e. The number of anilines is 1. The minimum atomic E-state index is -0.574. The van der Waals surface area contributed by atoms with E-state index in [2.05, 4.69) is 16.0 Å². The number of amides is 2. The van der Waals surface area contributed by atoms with Crippen LogP contribution in [0.3, 0.4) is 0 Å². The third-order valence-corrected chi connectivity index (χ3v) is 3.79. The maximum atomic E-state index is 14.2. The van der Waals surface area contributed by atoms with E-state index in [1.165, 1.54) is 6.07 Å². The van der Waals surface area contributed by atoms with Crippen LogP contribution in [0.15, 0.2) is 48.5 Å². The van der Waals surface area contributed by atoms with Gasteiger partial charge in [-0.15, -0.1) is 0 Å². The zero-order chi connectivity index (χ0) is 22.0. The SMILES string of the molecule is CC(C)(C)OC(=O)NCCNc1ccc(CNC(=O)OCc2ccccc2)cc1F. The Morgan fingerprint density at radius 1 is 0.933 bits per heavy atom. The molecule has 2 aromatic rings. The molecule has 30 heavy (non-hydrogen) atoms. The molecule has 0 aliphatic rings. The summed E-state index contributed by atoms with van der Waals surface area (Å²) in [5.74, 6) is -0.454. The molecule has 0 atom stereocenters. The first-order valence-corrected chi connectivity index (χ1v) is 9.66. The first kappa shape index (κ1) is 23.0. The zero-order valence-corrected chi connectivity index (χ0v) is 17.5. The van der Waals surface area contributed by atoms with Crippen molar-refractivity contribution in [3.8, 4) is 0 Å². The van der Waals surface area contributed by atoms with Crippen LogP contribution in [0.1, 0.15) is 31.9 Å². The van der Waals surface area contributed by atoms with Gasteiger partial charge in [0.05, 0.1) is 5.69 Å². The van der Waals surface area contributed by atoms with Crippen LogP contribution in [-0.4, -0.2) is 30.9 Å². The van der Waals surface area contributed by atoms with Crippen molar-refractivity contribution in [2.24, 2.45) is 0 Å². The molecule has 2 aromatic carbocycles. The molecule has 0 saturated heterocycles. The Morgan fingerprint density at radius 2 is 1.67 bits per heavy atom. The van der Waals surface area contributed by atoms with Gasteiger partial charge in [0.2, 0.25) is 0 Å². The lowest BCUT2D eigenvalue weighted by molar-refractivity contribution is 0.0530. The van der Waals surface area contributed by atoms with Crippen LogP contribution >= 0.6 is 0 Å². The molecule has 7 nitrogen and oxygen atoms in total. The summed E-state index contributed by atoms with van der Waals surface area (Å²) in [6.45, 7) is 6.26. The second kappa shape index (κ2) is 11.0. The molecule has 0 spiro atoms. The summed E-state index contributed by atoms with van der Waals surface area (Å²) in [6.07, 6.45) is -1.10. The molecular formula is C22H28FN3O4. The first-order valence-electron chi connectivity index (χ1n) is 9.66. The highest BCUT2D eigenvalue weighted by Gasteiger charge is 2.15. The van der Waals surface area contributed by atoms with Crippen molar-refractivity contribution in [3.63, 3.8) is 0 Å². The van der Waals surface area contributed by atoms with E-state index in [1.807, 2.05) is 30.3 Å². The number of hydrogen-bond acceptors (Lipinski definition) is 5. The predicted octanol–water partition coefficient (Wildman–Crippen LogP) is 4.19. The molecule has 2 amide bonds. The smallest absolute Gasteiger partial charge is 0.407 e. The molecule has 0 aromatic heterocycles. The maximum Gasteiger partial charge on any atom is 0.407 e. The van der Waals surface area contributed by atoms with Gasteiger partial charge in [0.1, 0.15) is 18.0 Å². The van der Waals surface area contributed by atoms with Gasteiger partial charge < -0.3 is 25.4 Å². The molecule has 162 valence electrons. The molecule has 0 saturated carbocycles. The number of rotatable bonds is 8. The van der Waals surface area contributed by atoms with Crippen molar-refractivity contribution in [1.82, 2.24) is 10.6 Å². The predicted molar refractivity (Wildman–Crippen MR) is 113 cm³/mol. The summed E-state index contributed by atoms with van der Waals surface area (Å²) in [7, 11) is 0. The average Bonchev–Trinajstić information content (AvgIpc) is 2.68. The highest BCUT2D eigenvalue weighted by atomic mass is 19.1. The van der Waals surface area contributed by atoms with Gasteiger partial charge in [0.25, 0.3) is 0 Å². The fourth-order valence-electron chi connectivity index (χ4n) is 2.44. The van der Waals surface area contributed by atoms with E-state index in [0.29, 0.717) is 17.8 Å². The summed E-state index contributed by atoms with van der Waals surface area (Å²) < 4.78 is 24.5. The Hall–Kier alpha value is -3.29. The van der Waals surface area contributed by atoms with Crippen LogP contribution in [0.25, 0.3) is 0 Å². The van der Waals surface area contributed by atoms with E-state index < -0.39 is 23.6 Å². The average molecular weight is 417 g/mol. The summed E-state index contributed by atoms with van der Waals surface area (Å²) >= 11 is 0. The van der Waals surface area contributed by atoms with Gasteiger partial charge in [-0.2, -0.15) is 0 Å². The highest BCUT2D eigenvalue weighted by Crippen LogP contribution is 2.15. The molecule has 2 rings (SSSR count). The van der Waals surface area contributed by atoms with Crippen molar-refractivity contribution in [1.29, 1.82) is 0 Å². The van der Waals surface area contributed by atoms with Crippen molar-refractivity contribution in [2.75, 3.05) is 18.4 Å². The topological polar surface area (TPSA) is 88.7 Å². The van der Waals surface area contributed by atoms with Gasteiger partial charge in [-0.05, 0) is 44.0 Å². The Morgan fingerprint density at radius 3 is 2.33 bits per heavy atom. The molecule has 8 heteroatoms. The molecule has 0 bridgehead atoms. The van der Waals surface area contributed by atoms with E-state index in [-0.39, 0.29) is 19.7 Å². The fraction of sp³-hybridized carbons (Fsp3) is 0.364. The second-order valence-corrected chi connectivity index (χ2v) is 7.58. The Balaban J connectivity index is 1.70. The summed E-state index contributed by atoms with van der Waals surface area (Å²) in [5, 5.41) is 8.08. The van der Waals surface area contributed by atoms with Crippen LogP contribution in [0.5, 0.6) is 0 Å². The number of hydrogen-bond donors (Lipinski definition) is 3. The first-order chi connectivity index (χ1) is 14.2. The molecule has 0 radical (unpaired) electrons. The standard InChI is InChI=1S/C22H28FN3O4/c1-22(2,3)30-21(28)25-12-11-24-19-10-9-17(13-18(19)23)14-26-20(27)29-15-16-7-5-4-6-8-16/h4-10,13,24H,11-12,14-15H2,1-3H3,(H,25,28)(H,26,27). The Labute approximate surface area is 176 Å². The maximum absolute atomic E-state index is 14.2. The molecule has 0 fully saturated rings. The molecule has 0 heterocycles. The lowest BCUT2D eigenvalue weighted by Crippen LogP contribution is -2.35. The van der Waals surface area contributed by atoms with Crippen LogP contribution in [0.2, 0.25) is 0 Å². The summed E-state index contributed by atoms with van der Waals surface area (Å²) in [6, 6.07) is 13.9. The minimum absolute atomic E-state index is 0.144. The Bertz CT molecular complexity index is 838. The van der Waals surface area contributed by atoms with Crippen LogP contribution in [-0.2, 0) is 22.6 Å². The highest BCUT2D eigenvalue weighted by molar-refractivity contribution is 5.68. The van der Waals surface area contributed by atoms with Gasteiger partial charge >= 0.3 is 12.2 Å². The minimum Gasteiger partial charge on any atom is -0.445 e. The number of carbonyl (C=O) groups excluding carboxylic acids is 2. The molecule has 0 unspecified atom stereocenters. The van der Waals surface area contributed by atoms with Gasteiger partial charge in [0.15, 0.2) is 0 Å². The van der Waals surface area contributed by atoms with Gasteiger partial charge in [-0.1, -0.05) is 36.4 Å². The monoisotopic (exact) mass is 417 g/mol. The fourth-order valence-corrected chi connectivity index (χ4v) is 2.44. The number of benzene rings is 2. The van der Waals surface area contributed by atoms with E-state index in [4.69, 9.17) is 9.47 Å². The van der Waals surface area contributed by atoms with Gasteiger partial charge in [-0.3, -0.25) is 0 Å². The second-order valence-electron chi connectivity index (χ2n) is 7.58. The zero-order valence-electron chi connectivity index (χ0n) is 17.5. The lowest BCUT2D eigenvalue weighted by atomic mass is 10.2. The molecule has 0 aliphatic heterocycles. The van der Waals surface area contributed by atoms with E-state index in [0.717, 1.165) is 5.56 Å². The number of alkyl carbamates (subject to hydrolysis) is 2. The number of nitrogens with one attached hydrogen (secondary N) is 3. The third-order valence-electron chi connectivity index (χ3n) is 3.79. The van der Waals surface area contributed by atoms with Gasteiger partial charge in [0, 0.05) is 19.6 Å². The quantitative estimate of drug-likeness (QED) is 0.561. The Kier molecular flexibility index (Phi) is 8.46. The molecular weight excluding hydrogens is 389 g/mol. The molecule has 0 aliphatic carbocycles. The normalized spacial score (nSPS) is 10.8.